The molecule has 0 aliphatic rings. The van der Waals surface area contributed by atoms with E-state index in [9.17, 15) is 9.59 Å². The highest BCUT2D eigenvalue weighted by molar-refractivity contribution is 5.93. The summed E-state index contributed by atoms with van der Waals surface area (Å²) < 4.78 is 10.1. The SMILES string of the molecule is C=C(CC(=O)OCCNCCCC)C(=O)OCCNCCCC. The third-order valence-corrected chi connectivity index (χ3v) is 3.11. The van der Waals surface area contributed by atoms with Crippen LogP contribution in [0.4, 0.5) is 0 Å². The molecule has 6 nitrogen and oxygen atoms in total. The fourth-order valence-corrected chi connectivity index (χ4v) is 1.71. The molecule has 2 N–H and O–H groups in total. The monoisotopic (exact) mass is 328 g/mol. The van der Waals surface area contributed by atoms with Crippen LogP contribution in [0.3, 0.4) is 0 Å². The minimum atomic E-state index is -0.541. The third kappa shape index (κ3) is 14.0. The summed E-state index contributed by atoms with van der Waals surface area (Å²) in [6, 6.07) is 0. The predicted octanol–water partition coefficient (Wildman–Crippen LogP) is 1.80. The van der Waals surface area contributed by atoms with Gasteiger partial charge in [0.15, 0.2) is 0 Å². The summed E-state index contributed by atoms with van der Waals surface area (Å²) >= 11 is 0. The first-order valence-electron chi connectivity index (χ1n) is 8.53. The molecule has 0 saturated heterocycles. The molecule has 0 heterocycles. The van der Waals surface area contributed by atoms with Crippen LogP contribution in [-0.4, -0.2) is 51.3 Å². The van der Waals surface area contributed by atoms with Gasteiger partial charge in [0.05, 0.1) is 6.42 Å². The first-order chi connectivity index (χ1) is 11.1. The van der Waals surface area contributed by atoms with Gasteiger partial charge in [-0.3, -0.25) is 4.79 Å². The Bertz CT molecular complexity index is 345. The van der Waals surface area contributed by atoms with E-state index in [1.165, 1.54) is 0 Å². The fraction of sp³-hybridized carbons (Fsp3) is 0.765. The van der Waals surface area contributed by atoms with Gasteiger partial charge in [0, 0.05) is 18.7 Å². The van der Waals surface area contributed by atoms with Gasteiger partial charge in [-0.05, 0) is 25.9 Å². The van der Waals surface area contributed by atoms with Gasteiger partial charge in [-0.2, -0.15) is 0 Å². The second kappa shape index (κ2) is 15.5. The Morgan fingerprint density at radius 3 is 1.91 bits per heavy atom. The van der Waals surface area contributed by atoms with E-state index in [2.05, 4.69) is 31.1 Å². The smallest absolute Gasteiger partial charge is 0.334 e. The van der Waals surface area contributed by atoms with Crippen LogP contribution < -0.4 is 10.6 Å². The van der Waals surface area contributed by atoms with E-state index < -0.39 is 11.9 Å². The Labute approximate surface area is 140 Å². The Morgan fingerprint density at radius 1 is 0.870 bits per heavy atom. The molecule has 0 unspecified atom stereocenters. The Balaban J connectivity index is 3.61. The second-order valence-corrected chi connectivity index (χ2v) is 5.34. The zero-order valence-electron chi connectivity index (χ0n) is 14.6. The van der Waals surface area contributed by atoms with Crippen molar-refractivity contribution in [3.05, 3.63) is 12.2 Å². The molecule has 6 heteroatoms. The van der Waals surface area contributed by atoms with Crippen LogP contribution in [0.1, 0.15) is 46.0 Å². The van der Waals surface area contributed by atoms with Crippen molar-refractivity contribution in [3.8, 4) is 0 Å². The van der Waals surface area contributed by atoms with E-state index in [0.717, 1.165) is 38.8 Å². The maximum Gasteiger partial charge on any atom is 0.334 e. The number of hydrogen-bond donors (Lipinski definition) is 2. The maximum atomic E-state index is 11.6. The molecule has 0 atom stereocenters. The van der Waals surface area contributed by atoms with Gasteiger partial charge in [-0.25, -0.2) is 4.79 Å². The number of hydrogen-bond acceptors (Lipinski definition) is 6. The molecule has 0 radical (unpaired) electrons. The lowest BCUT2D eigenvalue weighted by Gasteiger charge is -2.09. The number of carbonyl (C=O) groups is 2. The van der Waals surface area contributed by atoms with Crippen molar-refractivity contribution in [1.29, 1.82) is 0 Å². The van der Waals surface area contributed by atoms with Crippen LogP contribution in [0.25, 0.3) is 0 Å². The molecule has 23 heavy (non-hydrogen) atoms. The average molecular weight is 328 g/mol. The topological polar surface area (TPSA) is 76.7 Å². The zero-order chi connectivity index (χ0) is 17.3. The number of ether oxygens (including phenoxy) is 2. The first kappa shape index (κ1) is 21.6. The molecule has 0 aliphatic heterocycles. The number of esters is 2. The van der Waals surface area contributed by atoms with Crippen LogP contribution in [-0.2, 0) is 19.1 Å². The molecule has 134 valence electrons. The minimum Gasteiger partial charge on any atom is -0.464 e. The van der Waals surface area contributed by atoms with Crippen LogP contribution >= 0.6 is 0 Å². The number of unbranched alkanes of at least 4 members (excludes halogenated alkanes) is 2. The molecule has 0 rings (SSSR count). The van der Waals surface area contributed by atoms with E-state index in [1.54, 1.807) is 0 Å². The van der Waals surface area contributed by atoms with E-state index in [1.807, 2.05) is 0 Å². The molecule has 0 aromatic carbocycles. The van der Waals surface area contributed by atoms with E-state index in [4.69, 9.17) is 9.47 Å². The Hall–Kier alpha value is -1.40. The summed E-state index contributed by atoms with van der Waals surface area (Å²) in [6.07, 6.45) is 4.32. The standard InChI is InChI=1S/C17H32N2O4/c1-4-6-8-18-10-12-22-16(20)14-15(3)17(21)23-13-11-19-9-7-5-2/h18-19H,3-14H2,1-2H3. The predicted molar refractivity (Wildman–Crippen MR) is 91.2 cm³/mol. The van der Waals surface area contributed by atoms with Gasteiger partial charge in [0.25, 0.3) is 0 Å². The normalized spacial score (nSPS) is 10.3. The highest BCUT2D eigenvalue weighted by atomic mass is 16.5. The molecule has 0 aromatic heterocycles. The first-order valence-corrected chi connectivity index (χ1v) is 8.53. The second-order valence-electron chi connectivity index (χ2n) is 5.34. The highest BCUT2D eigenvalue weighted by Gasteiger charge is 2.13. The minimum absolute atomic E-state index is 0.127. The average Bonchev–Trinajstić information content (AvgIpc) is 2.53. The van der Waals surface area contributed by atoms with Crippen LogP contribution in [0.15, 0.2) is 12.2 Å². The maximum absolute atomic E-state index is 11.6. The van der Waals surface area contributed by atoms with Gasteiger partial charge >= 0.3 is 11.9 Å². The summed E-state index contributed by atoms with van der Waals surface area (Å²) in [5, 5.41) is 6.33. The third-order valence-electron chi connectivity index (χ3n) is 3.11. The summed E-state index contributed by atoms with van der Waals surface area (Å²) in [7, 11) is 0. The summed E-state index contributed by atoms with van der Waals surface area (Å²) in [5.41, 5.74) is 0.127. The molecule has 0 fully saturated rings. The molecule has 0 amide bonds. The Kier molecular flexibility index (Phi) is 14.6. The van der Waals surface area contributed by atoms with Crippen molar-refractivity contribution in [1.82, 2.24) is 10.6 Å². The lowest BCUT2D eigenvalue weighted by Crippen LogP contribution is -2.24. The largest absolute Gasteiger partial charge is 0.464 e. The molecule has 0 bridgehead atoms. The number of carbonyl (C=O) groups excluding carboxylic acids is 2. The van der Waals surface area contributed by atoms with Crippen LogP contribution in [0, 0.1) is 0 Å². The lowest BCUT2D eigenvalue weighted by atomic mass is 10.2. The van der Waals surface area contributed by atoms with Gasteiger partial charge < -0.3 is 20.1 Å². The van der Waals surface area contributed by atoms with Crippen molar-refractivity contribution in [3.63, 3.8) is 0 Å². The van der Waals surface area contributed by atoms with Gasteiger partial charge in [-0.15, -0.1) is 0 Å². The zero-order valence-corrected chi connectivity index (χ0v) is 14.6. The summed E-state index contributed by atoms with van der Waals surface area (Å²) in [4.78, 5) is 23.2. The molecular formula is C17H32N2O4. The van der Waals surface area contributed by atoms with E-state index in [0.29, 0.717) is 19.7 Å². The van der Waals surface area contributed by atoms with Crippen LogP contribution in [0.5, 0.6) is 0 Å². The fourth-order valence-electron chi connectivity index (χ4n) is 1.71. The van der Waals surface area contributed by atoms with Crippen molar-refractivity contribution in [2.75, 3.05) is 39.4 Å². The molecular weight excluding hydrogens is 296 g/mol. The highest BCUT2D eigenvalue weighted by Crippen LogP contribution is 2.02. The molecule has 0 saturated carbocycles. The van der Waals surface area contributed by atoms with Gasteiger partial charge in [0.1, 0.15) is 13.2 Å². The van der Waals surface area contributed by atoms with Crippen molar-refractivity contribution < 1.29 is 19.1 Å². The van der Waals surface area contributed by atoms with E-state index >= 15 is 0 Å². The van der Waals surface area contributed by atoms with Crippen molar-refractivity contribution >= 4 is 11.9 Å². The van der Waals surface area contributed by atoms with E-state index in [-0.39, 0.29) is 18.6 Å². The summed E-state index contributed by atoms with van der Waals surface area (Å²) in [6.45, 7) is 11.4. The van der Waals surface area contributed by atoms with Gasteiger partial charge in [-0.1, -0.05) is 33.3 Å². The number of rotatable bonds is 15. The van der Waals surface area contributed by atoms with Crippen LogP contribution in [0.2, 0.25) is 0 Å². The molecule has 0 aliphatic carbocycles. The number of nitrogens with one attached hydrogen (secondary N) is 2. The van der Waals surface area contributed by atoms with Crippen molar-refractivity contribution in [2.45, 2.75) is 46.0 Å². The quantitative estimate of drug-likeness (QED) is 0.271. The molecule has 0 aromatic rings. The van der Waals surface area contributed by atoms with Crippen molar-refractivity contribution in [2.24, 2.45) is 0 Å². The lowest BCUT2D eigenvalue weighted by molar-refractivity contribution is -0.146. The van der Waals surface area contributed by atoms with Gasteiger partial charge in [0.2, 0.25) is 0 Å². The summed E-state index contributed by atoms with van der Waals surface area (Å²) in [5.74, 6) is -0.995. The molecule has 0 spiro atoms. The Morgan fingerprint density at radius 2 is 1.39 bits per heavy atom.